The molecule has 0 aliphatic carbocycles. The van der Waals surface area contributed by atoms with E-state index < -0.39 is 48.6 Å². The Bertz CT molecular complexity index is 1210. The second kappa shape index (κ2) is 8.71. The molecule has 0 aromatic heterocycles. The predicted molar refractivity (Wildman–Crippen MR) is 112 cm³/mol. The summed E-state index contributed by atoms with van der Waals surface area (Å²) in [6, 6.07) is 8.15. The van der Waals surface area contributed by atoms with E-state index in [0.717, 1.165) is 18.2 Å². The first-order valence-corrected chi connectivity index (χ1v) is 12.5. The first-order chi connectivity index (χ1) is 14.8. The zero-order valence-corrected chi connectivity index (χ0v) is 18.4. The van der Waals surface area contributed by atoms with Crippen molar-refractivity contribution in [3.63, 3.8) is 0 Å². The molecule has 1 fully saturated rings. The molecule has 2 aromatic rings. The molecule has 174 valence electrons. The average Bonchev–Trinajstić information content (AvgIpc) is 3.06. The number of carbonyl (C=O) groups excluding carboxylic acids is 1. The van der Waals surface area contributed by atoms with Crippen LogP contribution in [0.2, 0.25) is 0 Å². The number of amides is 1. The van der Waals surface area contributed by atoms with E-state index in [1.807, 2.05) is 4.72 Å². The van der Waals surface area contributed by atoms with E-state index in [1.165, 1.54) is 35.5 Å². The second-order valence-electron chi connectivity index (χ2n) is 7.11. The van der Waals surface area contributed by atoms with E-state index >= 15 is 0 Å². The molecule has 1 aliphatic rings. The molecule has 1 amide bonds. The molecule has 2 N–H and O–H groups in total. The Hall–Kier alpha value is -2.64. The van der Waals surface area contributed by atoms with Gasteiger partial charge in [0.25, 0.3) is 0 Å². The van der Waals surface area contributed by atoms with Crippen LogP contribution in [-0.4, -0.2) is 41.1 Å². The summed E-state index contributed by atoms with van der Waals surface area (Å²) >= 11 is 0. The third-order valence-corrected chi connectivity index (χ3v) is 8.20. The van der Waals surface area contributed by atoms with Crippen molar-refractivity contribution in [1.29, 1.82) is 0 Å². The molecule has 8 nitrogen and oxygen atoms in total. The quantitative estimate of drug-likeness (QED) is 0.645. The van der Waals surface area contributed by atoms with E-state index in [2.05, 4.69) is 5.32 Å². The van der Waals surface area contributed by atoms with E-state index in [1.54, 1.807) is 0 Å². The SMILES string of the molecule is C[C@H](NS(=O)(=O)c1ccccc1C(F)(F)F)C(=O)Nc1ccc(N2CCCS2(=O)=O)cc1. The van der Waals surface area contributed by atoms with Crippen LogP contribution in [0.1, 0.15) is 18.9 Å². The van der Waals surface area contributed by atoms with Gasteiger partial charge < -0.3 is 5.32 Å². The van der Waals surface area contributed by atoms with Crippen LogP contribution in [0.5, 0.6) is 0 Å². The first kappa shape index (κ1) is 24.0. The molecule has 0 saturated carbocycles. The number of nitrogens with zero attached hydrogens (tertiary/aromatic N) is 1. The monoisotopic (exact) mass is 491 g/mol. The van der Waals surface area contributed by atoms with Gasteiger partial charge in [-0.15, -0.1) is 0 Å². The van der Waals surface area contributed by atoms with Crippen molar-refractivity contribution in [1.82, 2.24) is 4.72 Å². The fraction of sp³-hybridized carbons (Fsp3) is 0.316. The summed E-state index contributed by atoms with van der Waals surface area (Å²) in [6.45, 7) is 1.54. The second-order valence-corrected chi connectivity index (χ2v) is 10.8. The van der Waals surface area contributed by atoms with Gasteiger partial charge in [0.15, 0.2) is 0 Å². The Balaban J connectivity index is 1.70. The van der Waals surface area contributed by atoms with E-state index in [4.69, 9.17) is 0 Å². The number of halogens is 3. The smallest absolute Gasteiger partial charge is 0.325 e. The highest BCUT2D eigenvalue weighted by molar-refractivity contribution is 7.93. The standard InChI is InChI=1S/C19H20F3N3O5S2/c1-13(24-32(29,30)17-6-3-2-5-16(17)19(20,21)22)18(26)23-14-7-9-15(10-8-14)25-11-4-12-31(25,27)28/h2-3,5-10,13,24H,4,11-12H2,1H3,(H,23,26)/t13-/m0/s1. The minimum Gasteiger partial charge on any atom is -0.325 e. The molecule has 1 saturated heterocycles. The summed E-state index contributed by atoms with van der Waals surface area (Å²) in [4.78, 5) is 11.4. The summed E-state index contributed by atoms with van der Waals surface area (Å²) in [5, 5.41) is 2.44. The summed E-state index contributed by atoms with van der Waals surface area (Å²) < 4.78 is 91.5. The third kappa shape index (κ3) is 5.22. The molecule has 1 aliphatic heterocycles. The van der Waals surface area contributed by atoms with Crippen LogP contribution in [0.4, 0.5) is 24.5 Å². The molecule has 13 heteroatoms. The van der Waals surface area contributed by atoms with Crippen LogP contribution in [0.25, 0.3) is 0 Å². The molecule has 0 bridgehead atoms. The maximum absolute atomic E-state index is 13.1. The Morgan fingerprint density at radius 1 is 1.09 bits per heavy atom. The van der Waals surface area contributed by atoms with Gasteiger partial charge in [-0.05, 0) is 49.7 Å². The maximum Gasteiger partial charge on any atom is 0.417 e. The molecular weight excluding hydrogens is 471 g/mol. The minimum atomic E-state index is -4.89. The number of anilines is 2. The summed E-state index contributed by atoms with van der Waals surface area (Å²) in [5.74, 6) is -0.750. The van der Waals surface area contributed by atoms with Crippen LogP contribution in [0.15, 0.2) is 53.4 Å². The summed E-state index contributed by atoms with van der Waals surface area (Å²) in [6.07, 6.45) is -4.38. The van der Waals surface area contributed by atoms with Crippen molar-refractivity contribution in [2.75, 3.05) is 21.9 Å². The van der Waals surface area contributed by atoms with Crippen molar-refractivity contribution in [2.24, 2.45) is 0 Å². The zero-order valence-electron chi connectivity index (χ0n) is 16.8. The number of alkyl halides is 3. The van der Waals surface area contributed by atoms with E-state index in [9.17, 15) is 34.8 Å². The lowest BCUT2D eigenvalue weighted by molar-refractivity contribution is -0.139. The van der Waals surface area contributed by atoms with Crippen molar-refractivity contribution >= 4 is 37.3 Å². The molecule has 1 atom stereocenters. The lowest BCUT2D eigenvalue weighted by atomic mass is 10.2. The highest BCUT2D eigenvalue weighted by atomic mass is 32.2. The Morgan fingerprint density at radius 2 is 1.72 bits per heavy atom. The number of rotatable bonds is 6. The molecule has 3 rings (SSSR count). The molecule has 0 spiro atoms. The van der Waals surface area contributed by atoms with Crippen molar-refractivity contribution in [2.45, 2.75) is 30.5 Å². The average molecular weight is 492 g/mol. The van der Waals surface area contributed by atoms with E-state index in [-0.39, 0.29) is 11.4 Å². The van der Waals surface area contributed by atoms with Gasteiger partial charge in [-0.3, -0.25) is 9.10 Å². The van der Waals surface area contributed by atoms with Crippen molar-refractivity contribution in [3.8, 4) is 0 Å². The topological polar surface area (TPSA) is 113 Å². The lowest BCUT2D eigenvalue weighted by Gasteiger charge is -2.18. The zero-order chi connectivity index (χ0) is 23.7. The number of sulfonamides is 2. The van der Waals surface area contributed by atoms with Crippen LogP contribution >= 0.6 is 0 Å². The van der Waals surface area contributed by atoms with Gasteiger partial charge in [-0.1, -0.05) is 12.1 Å². The maximum atomic E-state index is 13.1. The van der Waals surface area contributed by atoms with E-state index in [0.29, 0.717) is 24.7 Å². The molecular formula is C19H20F3N3O5S2. The molecule has 1 heterocycles. The molecule has 2 aromatic carbocycles. The highest BCUT2D eigenvalue weighted by Gasteiger charge is 2.37. The molecule has 32 heavy (non-hydrogen) atoms. The van der Waals surface area contributed by atoms with Crippen LogP contribution in [-0.2, 0) is 31.0 Å². The fourth-order valence-corrected chi connectivity index (χ4v) is 6.17. The van der Waals surface area contributed by atoms with Crippen LogP contribution < -0.4 is 14.3 Å². The third-order valence-electron chi connectivity index (χ3n) is 4.73. The van der Waals surface area contributed by atoms with Gasteiger partial charge in [0, 0.05) is 12.2 Å². The van der Waals surface area contributed by atoms with Gasteiger partial charge in [0.2, 0.25) is 26.0 Å². The number of hydrogen-bond acceptors (Lipinski definition) is 5. The largest absolute Gasteiger partial charge is 0.417 e. The summed E-state index contributed by atoms with van der Waals surface area (Å²) in [5.41, 5.74) is -0.650. The van der Waals surface area contributed by atoms with Gasteiger partial charge in [-0.25, -0.2) is 16.8 Å². The van der Waals surface area contributed by atoms with Gasteiger partial charge >= 0.3 is 6.18 Å². The highest BCUT2D eigenvalue weighted by Crippen LogP contribution is 2.34. The Labute approximate surface area is 183 Å². The van der Waals surface area contributed by atoms with Crippen LogP contribution in [0, 0.1) is 0 Å². The number of hydrogen-bond donors (Lipinski definition) is 2. The first-order valence-electron chi connectivity index (χ1n) is 9.41. The Kier molecular flexibility index (Phi) is 6.54. The fourth-order valence-electron chi connectivity index (χ4n) is 3.18. The number of carbonyl (C=O) groups is 1. The summed E-state index contributed by atoms with van der Waals surface area (Å²) in [7, 11) is -8.01. The van der Waals surface area contributed by atoms with Gasteiger partial charge in [0.05, 0.1) is 27.9 Å². The number of benzene rings is 2. The molecule has 0 unspecified atom stereocenters. The van der Waals surface area contributed by atoms with Crippen LogP contribution in [0.3, 0.4) is 0 Å². The predicted octanol–water partition coefficient (Wildman–Crippen LogP) is 2.55. The normalized spacial score (nSPS) is 17.2. The minimum absolute atomic E-state index is 0.0562. The molecule has 0 radical (unpaired) electrons. The lowest BCUT2D eigenvalue weighted by Crippen LogP contribution is -2.42. The van der Waals surface area contributed by atoms with Gasteiger partial charge in [0.1, 0.15) is 0 Å². The van der Waals surface area contributed by atoms with Crippen molar-refractivity contribution in [3.05, 3.63) is 54.1 Å². The number of nitrogens with one attached hydrogen (secondary N) is 2. The van der Waals surface area contributed by atoms with Crippen molar-refractivity contribution < 1.29 is 34.8 Å². The van der Waals surface area contributed by atoms with Gasteiger partial charge in [-0.2, -0.15) is 17.9 Å². The Morgan fingerprint density at radius 3 is 2.28 bits per heavy atom.